The van der Waals surface area contributed by atoms with Crippen molar-refractivity contribution in [3.05, 3.63) is 47.2 Å². The molecule has 0 unspecified atom stereocenters. The molecule has 108 valence electrons. The Hall–Kier alpha value is -2.10. The molecule has 4 heteroatoms. The highest BCUT2D eigenvalue weighted by Gasteiger charge is 2.08. The molecule has 0 bridgehead atoms. The standard InChI is InChI=1S/C16H21NO3/c1-12-5-6-14(15(18)9-10-17(2)3)11-13(12)7-8-16(19)20-4/h5-6,9-11H,7-8H2,1-4H3/b10-9+. The molecular formula is C16H21NO3. The minimum Gasteiger partial charge on any atom is -0.469 e. The quantitative estimate of drug-likeness (QED) is 0.454. The van der Waals surface area contributed by atoms with Crippen LogP contribution < -0.4 is 0 Å². The van der Waals surface area contributed by atoms with Gasteiger partial charge in [0.05, 0.1) is 7.11 Å². The number of hydrogen-bond donors (Lipinski definition) is 0. The number of ether oxygens (including phenoxy) is 1. The van der Waals surface area contributed by atoms with Gasteiger partial charge in [0.15, 0.2) is 5.78 Å². The van der Waals surface area contributed by atoms with Crippen LogP contribution in [0.25, 0.3) is 0 Å². The molecule has 4 nitrogen and oxygen atoms in total. The fraction of sp³-hybridized carbons (Fsp3) is 0.375. The molecule has 1 aromatic rings. The maximum Gasteiger partial charge on any atom is 0.305 e. The third kappa shape index (κ3) is 4.88. The van der Waals surface area contributed by atoms with Crippen molar-refractivity contribution in [2.24, 2.45) is 0 Å². The molecule has 1 aromatic carbocycles. The number of nitrogens with zero attached hydrogens (tertiary/aromatic N) is 1. The van der Waals surface area contributed by atoms with Crippen LogP contribution in [0, 0.1) is 6.92 Å². The van der Waals surface area contributed by atoms with Gasteiger partial charge in [0, 0.05) is 38.4 Å². The second kappa shape index (κ2) is 7.48. The predicted octanol–water partition coefficient (Wildman–Crippen LogP) is 2.36. The first kappa shape index (κ1) is 16.0. The summed E-state index contributed by atoms with van der Waals surface area (Å²) in [4.78, 5) is 25.0. The van der Waals surface area contributed by atoms with Crippen LogP contribution in [-0.4, -0.2) is 37.9 Å². The molecular weight excluding hydrogens is 254 g/mol. The SMILES string of the molecule is COC(=O)CCc1cc(C(=O)/C=C/N(C)C)ccc1C. The summed E-state index contributed by atoms with van der Waals surface area (Å²) in [7, 11) is 5.10. The van der Waals surface area contributed by atoms with Crippen LogP contribution in [0.5, 0.6) is 0 Å². The molecule has 0 amide bonds. The number of allylic oxidation sites excluding steroid dienone is 1. The molecule has 0 aliphatic rings. The first-order valence-electron chi connectivity index (χ1n) is 6.49. The van der Waals surface area contributed by atoms with Gasteiger partial charge in [-0.2, -0.15) is 0 Å². The summed E-state index contributed by atoms with van der Waals surface area (Å²) in [5, 5.41) is 0. The molecule has 1 rings (SSSR count). The van der Waals surface area contributed by atoms with Gasteiger partial charge in [0.25, 0.3) is 0 Å². The smallest absolute Gasteiger partial charge is 0.305 e. The fourth-order valence-corrected chi connectivity index (χ4v) is 1.75. The Kier molecular flexibility index (Phi) is 5.97. The topological polar surface area (TPSA) is 46.6 Å². The van der Waals surface area contributed by atoms with Crippen molar-refractivity contribution in [2.75, 3.05) is 21.2 Å². The largest absolute Gasteiger partial charge is 0.469 e. The molecule has 0 radical (unpaired) electrons. The van der Waals surface area contributed by atoms with Gasteiger partial charge in [0.1, 0.15) is 0 Å². The van der Waals surface area contributed by atoms with Crippen molar-refractivity contribution in [1.82, 2.24) is 4.90 Å². The summed E-state index contributed by atoms with van der Waals surface area (Å²) in [6.07, 6.45) is 4.16. The predicted molar refractivity (Wildman–Crippen MR) is 78.7 cm³/mol. The van der Waals surface area contributed by atoms with Gasteiger partial charge in [-0.25, -0.2) is 0 Å². The lowest BCUT2D eigenvalue weighted by molar-refractivity contribution is -0.140. The molecule has 0 aliphatic heterocycles. The minimum atomic E-state index is -0.242. The van der Waals surface area contributed by atoms with Crippen molar-refractivity contribution < 1.29 is 14.3 Å². The number of carbonyl (C=O) groups is 2. The summed E-state index contributed by atoms with van der Waals surface area (Å²) >= 11 is 0. The van der Waals surface area contributed by atoms with E-state index in [1.54, 1.807) is 12.3 Å². The Morgan fingerprint density at radius 3 is 2.60 bits per heavy atom. The third-order valence-corrected chi connectivity index (χ3v) is 2.98. The Labute approximate surface area is 120 Å². The molecule has 20 heavy (non-hydrogen) atoms. The number of methoxy groups -OCH3 is 1. The average molecular weight is 275 g/mol. The number of hydrogen-bond acceptors (Lipinski definition) is 4. The number of ketones is 1. The molecule has 0 saturated carbocycles. The Morgan fingerprint density at radius 2 is 2.00 bits per heavy atom. The van der Waals surface area contributed by atoms with Crippen molar-refractivity contribution in [2.45, 2.75) is 19.8 Å². The first-order chi connectivity index (χ1) is 9.43. The van der Waals surface area contributed by atoms with Gasteiger partial charge >= 0.3 is 5.97 Å². The van der Waals surface area contributed by atoms with Crippen LogP contribution in [0.4, 0.5) is 0 Å². The van der Waals surface area contributed by atoms with Crippen molar-refractivity contribution in [3.63, 3.8) is 0 Å². The summed E-state index contributed by atoms with van der Waals surface area (Å²) in [6, 6.07) is 5.56. The van der Waals surface area contributed by atoms with E-state index in [1.165, 1.54) is 13.2 Å². The molecule has 0 aromatic heterocycles. The lowest BCUT2D eigenvalue weighted by Gasteiger charge is -2.07. The molecule has 0 spiro atoms. The summed E-state index contributed by atoms with van der Waals surface area (Å²) < 4.78 is 4.63. The highest BCUT2D eigenvalue weighted by Crippen LogP contribution is 2.14. The summed E-state index contributed by atoms with van der Waals surface area (Å²) in [6.45, 7) is 1.97. The number of esters is 1. The van der Waals surface area contributed by atoms with E-state index in [0.717, 1.165) is 11.1 Å². The Morgan fingerprint density at radius 1 is 1.30 bits per heavy atom. The second-order valence-corrected chi connectivity index (χ2v) is 4.86. The summed E-state index contributed by atoms with van der Waals surface area (Å²) in [5.41, 5.74) is 2.70. The zero-order valence-corrected chi connectivity index (χ0v) is 12.5. The molecule has 0 N–H and O–H groups in total. The maximum atomic E-state index is 12.0. The molecule has 0 aliphatic carbocycles. The van der Waals surface area contributed by atoms with E-state index in [0.29, 0.717) is 18.4 Å². The Bertz CT molecular complexity index is 518. The fourth-order valence-electron chi connectivity index (χ4n) is 1.75. The van der Waals surface area contributed by atoms with Gasteiger partial charge in [-0.1, -0.05) is 12.1 Å². The van der Waals surface area contributed by atoms with Crippen LogP contribution in [0.2, 0.25) is 0 Å². The molecule has 0 saturated heterocycles. The molecule has 0 heterocycles. The van der Waals surface area contributed by atoms with E-state index in [-0.39, 0.29) is 11.8 Å². The van der Waals surface area contributed by atoms with E-state index in [4.69, 9.17) is 0 Å². The van der Waals surface area contributed by atoms with Gasteiger partial charge in [-0.3, -0.25) is 9.59 Å². The van der Waals surface area contributed by atoms with Crippen LogP contribution in [0.3, 0.4) is 0 Å². The average Bonchev–Trinajstić information content (AvgIpc) is 2.43. The van der Waals surface area contributed by atoms with E-state index in [9.17, 15) is 9.59 Å². The van der Waals surface area contributed by atoms with E-state index in [1.807, 2.05) is 38.1 Å². The van der Waals surface area contributed by atoms with Crippen molar-refractivity contribution in [1.29, 1.82) is 0 Å². The highest BCUT2D eigenvalue weighted by atomic mass is 16.5. The normalized spacial score (nSPS) is 10.6. The molecule has 0 fully saturated rings. The van der Waals surface area contributed by atoms with Gasteiger partial charge in [-0.15, -0.1) is 0 Å². The van der Waals surface area contributed by atoms with Crippen LogP contribution >= 0.6 is 0 Å². The van der Waals surface area contributed by atoms with Gasteiger partial charge in [-0.05, 0) is 30.5 Å². The minimum absolute atomic E-state index is 0.0435. The lowest BCUT2D eigenvalue weighted by Crippen LogP contribution is -2.05. The van der Waals surface area contributed by atoms with E-state index < -0.39 is 0 Å². The highest BCUT2D eigenvalue weighted by molar-refractivity contribution is 6.04. The van der Waals surface area contributed by atoms with Crippen LogP contribution in [0.15, 0.2) is 30.5 Å². The molecule has 0 atom stereocenters. The van der Waals surface area contributed by atoms with E-state index in [2.05, 4.69) is 4.74 Å². The van der Waals surface area contributed by atoms with Crippen molar-refractivity contribution >= 4 is 11.8 Å². The number of carbonyl (C=O) groups excluding carboxylic acids is 2. The van der Waals surface area contributed by atoms with Gasteiger partial charge < -0.3 is 9.64 Å². The van der Waals surface area contributed by atoms with Crippen LogP contribution in [-0.2, 0) is 16.0 Å². The first-order valence-corrected chi connectivity index (χ1v) is 6.49. The number of rotatable bonds is 6. The zero-order valence-electron chi connectivity index (χ0n) is 12.5. The van der Waals surface area contributed by atoms with Crippen molar-refractivity contribution in [3.8, 4) is 0 Å². The summed E-state index contributed by atoms with van der Waals surface area (Å²) in [5.74, 6) is -0.286. The second-order valence-electron chi connectivity index (χ2n) is 4.86. The van der Waals surface area contributed by atoms with Gasteiger partial charge in [0.2, 0.25) is 0 Å². The lowest BCUT2D eigenvalue weighted by atomic mass is 9.99. The zero-order chi connectivity index (χ0) is 15.1. The number of benzene rings is 1. The number of aryl methyl sites for hydroxylation is 2. The Balaban J connectivity index is 2.85. The van der Waals surface area contributed by atoms with Crippen LogP contribution in [0.1, 0.15) is 27.9 Å². The third-order valence-electron chi connectivity index (χ3n) is 2.98. The monoisotopic (exact) mass is 275 g/mol. The maximum absolute atomic E-state index is 12.0. The van der Waals surface area contributed by atoms with E-state index >= 15 is 0 Å².